The van der Waals surface area contributed by atoms with Crippen molar-refractivity contribution >= 4 is 45.9 Å². The molecule has 4 aromatic rings. The molecule has 5 aliphatic rings. The largest absolute Gasteiger partial charge is 0.443 e. The van der Waals surface area contributed by atoms with E-state index in [2.05, 4.69) is 49.2 Å². The number of ether oxygens (including phenoxy) is 3. The Labute approximate surface area is 276 Å². The van der Waals surface area contributed by atoms with Gasteiger partial charge in [-0.15, -0.1) is 11.8 Å². The molecule has 3 fully saturated rings. The number of hydroxylamine groups is 1. The van der Waals surface area contributed by atoms with E-state index >= 15 is 0 Å². The second-order valence-corrected chi connectivity index (χ2v) is 14.3. The minimum absolute atomic E-state index is 0.229. The highest BCUT2D eigenvalue weighted by Crippen LogP contribution is 2.65. The fourth-order valence-electron chi connectivity index (χ4n) is 7.45. The first-order valence-corrected chi connectivity index (χ1v) is 17.6. The van der Waals surface area contributed by atoms with Gasteiger partial charge in [0.2, 0.25) is 5.56 Å². The molecule has 1 N–H and O–H groups in total. The predicted octanol–water partition coefficient (Wildman–Crippen LogP) is 6.22. The lowest BCUT2D eigenvalue weighted by Gasteiger charge is -2.35. The lowest BCUT2D eigenvalue weighted by molar-refractivity contribution is -0.0716. The van der Waals surface area contributed by atoms with Crippen LogP contribution in [0.2, 0.25) is 5.02 Å². The lowest BCUT2D eigenvalue weighted by atomic mass is 9.90. The second kappa shape index (κ2) is 10.8. The Balaban J connectivity index is 0.954. The van der Waals surface area contributed by atoms with Crippen LogP contribution in [0.3, 0.4) is 0 Å². The number of nitrogens with one attached hydrogen (secondary N) is 1. The molecular formula is C34H35ClN6O4S. The first-order valence-electron chi connectivity index (χ1n) is 15.9. The first-order chi connectivity index (χ1) is 22.4. The van der Waals surface area contributed by atoms with Crippen molar-refractivity contribution in [3.05, 3.63) is 76.8 Å². The summed E-state index contributed by atoms with van der Waals surface area (Å²) >= 11 is 7.64. The van der Waals surface area contributed by atoms with Crippen molar-refractivity contribution < 1.29 is 19.0 Å². The number of amidine groups is 1. The van der Waals surface area contributed by atoms with Crippen molar-refractivity contribution in [1.82, 2.24) is 20.0 Å². The molecule has 1 spiro atoms. The van der Waals surface area contributed by atoms with Crippen LogP contribution in [0.4, 0.5) is 5.69 Å². The van der Waals surface area contributed by atoms with E-state index in [0.29, 0.717) is 16.6 Å². The van der Waals surface area contributed by atoms with Gasteiger partial charge in [0, 0.05) is 44.3 Å². The highest BCUT2D eigenvalue weighted by Gasteiger charge is 2.58. The van der Waals surface area contributed by atoms with Crippen LogP contribution in [0.5, 0.6) is 11.5 Å². The van der Waals surface area contributed by atoms with E-state index in [-0.39, 0.29) is 17.1 Å². The van der Waals surface area contributed by atoms with Crippen molar-refractivity contribution in [2.24, 2.45) is 10.4 Å². The van der Waals surface area contributed by atoms with Crippen LogP contribution in [0, 0.1) is 5.41 Å². The maximum atomic E-state index is 6.51. The molecule has 4 aliphatic heterocycles. The van der Waals surface area contributed by atoms with Gasteiger partial charge in [-0.3, -0.25) is 4.98 Å². The smallest absolute Gasteiger partial charge is 0.292 e. The van der Waals surface area contributed by atoms with Gasteiger partial charge in [-0.2, -0.15) is 0 Å². The van der Waals surface area contributed by atoms with Gasteiger partial charge in [0.1, 0.15) is 11.5 Å². The minimum Gasteiger partial charge on any atom is -0.443 e. The molecule has 9 rings (SSSR count). The summed E-state index contributed by atoms with van der Waals surface area (Å²) in [5.41, 5.74) is 7.95. The van der Waals surface area contributed by atoms with Crippen molar-refractivity contribution in [3.63, 3.8) is 0 Å². The van der Waals surface area contributed by atoms with Gasteiger partial charge in [0.05, 0.1) is 34.4 Å². The summed E-state index contributed by atoms with van der Waals surface area (Å²) in [6.07, 6.45) is 8.29. The zero-order chi connectivity index (χ0) is 31.0. The number of rotatable bonds is 7. The normalized spacial score (nSPS) is 27.5. The third kappa shape index (κ3) is 4.73. The fraction of sp³-hybridized carbons (Fsp3) is 0.441. The summed E-state index contributed by atoms with van der Waals surface area (Å²) in [6.45, 7) is 5.47. The number of nitrogens with zero attached hydrogens (tertiary/aromatic N) is 5. The highest BCUT2D eigenvalue weighted by atomic mass is 35.5. The molecule has 3 unspecified atom stereocenters. The zero-order valence-corrected chi connectivity index (χ0v) is 27.3. The molecule has 0 amide bonds. The van der Waals surface area contributed by atoms with Gasteiger partial charge >= 0.3 is 0 Å². The third-order valence-electron chi connectivity index (χ3n) is 10.3. The van der Waals surface area contributed by atoms with Crippen LogP contribution < -0.4 is 19.9 Å². The average Bonchev–Trinajstić information content (AvgIpc) is 3.38. The Morgan fingerprint density at radius 3 is 2.72 bits per heavy atom. The Hall–Kier alpha value is -3.51. The molecular weight excluding hydrogens is 624 g/mol. The van der Waals surface area contributed by atoms with Crippen LogP contribution in [0.1, 0.15) is 55.6 Å². The lowest BCUT2D eigenvalue weighted by Crippen LogP contribution is -2.36. The number of pyridine rings is 1. The van der Waals surface area contributed by atoms with Gasteiger partial charge in [0.15, 0.2) is 17.3 Å². The van der Waals surface area contributed by atoms with Crippen molar-refractivity contribution in [3.8, 4) is 11.5 Å². The number of anilines is 1. The summed E-state index contributed by atoms with van der Waals surface area (Å²) in [4.78, 5) is 22.4. The molecule has 2 aromatic carbocycles. The number of fused-ring (bicyclic) bond motifs is 2. The summed E-state index contributed by atoms with van der Waals surface area (Å²) in [7, 11) is 0. The van der Waals surface area contributed by atoms with E-state index < -0.39 is 5.79 Å². The quantitative estimate of drug-likeness (QED) is 0.248. The maximum absolute atomic E-state index is 6.51. The summed E-state index contributed by atoms with van der Waals surface area (Å²) in [5.74, 6) is 2.89. The molecule has 12 heteroatoms. The predicted molar refractivity (Wildman–Crippen MR) is 178 cm³/mol. The number of aliphatic imine (C=N–C) groups is 1. The molecule has 0 radical (unpaired) electrons. The molecule has 2 aromatic heterocycles. The van der Waals surface area contributed by atoms with Gasteiger partial charge in [0.25, 0.3) is 5.79 Å². The summed E-state index contributed by atoms with van der Waals surface area (Å²) in [5, 5.41) is 0.580. The van der Waals surface area contributed by atoms with Crippen LogP contribution in [0.15, 0.2) is 59.7 Å². The Morgan fingerprint density at radius 2 is 1.98 bits per heavy atom. The highest BCUT2D eigenvalue weighted by molar-refractivity contribution is 7.99. The van der Waals surface area contributed by atoms with Gasteiger partial charge < -0.3 is 23.7 Å². The molecule has 0 bridgehead atoms. The molecule has 10 nitrogen and oxygen atoms in total. The molecule has 2 saturated heterocycles. The molecule has 6 heterocycles. The summed E-state index contributed by atoms with van der Waals surface area (Å²) in [6, 6.07) is 16.2. The number of hydrogen-bond acceptors (Lipinski definition) is 10. The number of para-hydroxylation sites is 1. The number of benzene rings is 2. The SMILES string of the molecule is CSC1N=C(c2ccc3nc(C4CC45CCN(c4cccc6c4O[C@@](C)(c4ccc(Cl)cn4)O6)CC5)n(CC4CCO4)c3c2)NO1. The van der Waals surface area contributed by atoms with E-state index in [1.807, 2.05) is 37.4 Å². The number of aromatic nitrogens is 3. The monoisotopic (exact) mass is 658 g/mol. The number of imidazole rings is 1. The van der Waals surface area contributed by atoms with Gasteiger partial charge in [-0.05, 0) is 79.8 Å². The van der Waals surface area contributed by atoms with Crippen LogP contribution in [-0.4, -0.2) is 58.0 Å². The van der Waals surface area contributed by atoms with Crippen molar-refractivity contribution in [2.75, 3.05) is 30.9 Å². The van der Waals surface area contributed by atoms with E-state index in [1.165, 1.54) is 5.82 Å². The van der Waals surface area contributed by atoms with Gasteiger partial charge in [-0.1, -0.05) is 17.7 Å². The van der Waals surface area contributed by atoms with Gasteiger partial charge in [-0.25, -0.2) is 20.3 Å². The summed E-state index contributed by atoms with van der Waals surface area (Å²) < 4.78 is 21.2. The van der Waals surface area contributed by atoms with Crippen LogP contribution >= 0.6 is 23.4 Å². The van der Waals surface area contributed by atoms with E-state index in [1.54, 1.807) is 18.0 Å². The topological polar surface area (TPSA) is 95.3 Å². The second-order valence-electron chi connectivity index (χ2n) is 13.0. The fourth-order valence-corrected chi connectivity index (χ4v) is 7.91. The molecule has 238 valence electrons. The molecule has 1 saturated carbocycles. The van der Waals surface area contributed by atoms with Crippen molar-refractivity contribution in [1.29, 1.82) is 0 Å². The number of halogens is 1. The molecule has 1 aliphatic carbocycles. The zero-order valence-electron chi connectivity index (χ0n) is 25.7. The Morgan fingerprint density at radius 1 is 1.11 bits per heavy atom. The Kier molecular flexibility index (Phi) is 6.71. The van der Waals surface area contributed by atoms with E-state index in [4.69, 9.17) is 35.6 Å². The standard InChI is InChI=1S/C34H35ClN6O4S/c1-33(28-9-7-21(35)18-36-28)43-27-5-3-4-25(29(27)44-33)40-13-11-34(12-14-40)17-23(34)31-37-24-8-6-20(30-38-32(46-2)45-39-30)16-26(24)41(31)19-22-10-15-42-22/h3-9,16,18,22-23,32H,10-15,17,19H2,1-2H3,(H,38,39)/t22?,23?,32?,33-/m0/s1. The Bertz CT molecular complexity index is 1850. The number of thioether (sulfide) groups is 1. The van der Waals surface area contributed by atoms with E-state index in [9.17, 15) is 0 Å². The van der Waals surface area contributed by atoms with E-state index in [0.717, 1.165) is 91.5 Å². The third-order valence-corrected chi connectivity index (χ3v) is 11.1. The first kappa shape index (κ1) is 28.7. The molecule has 4 atom stereocenters. The minimum atomic E-state index is -1.01. The van der Waals surface area contributed by atoms with Crippen LogP contribution in [-0.2, 0) is 21.9 Å². The van der Waals surface area contributed by atoms with Crippen LogP contribution in [0.25, 0.3) is 11.0 Å². The van der Waals surface area contributed by atoms with Crippen molar-refractivity contribution in [2.45, 2.75) is 62.5 Å². The average molecular weight is 659 g/mol. The maximum Gasteiger partial charge on any atom is 0.292 e. The molecule has 46 heavy (non-hydrogen) atoms. The number of hydrogen-bond donors (Lipinski definition) is 1. The number of piperidine rings is 1.